The van der Waals surface area contributed by atoms with Crippen molar-refractivity contribution in [2.75, 3.05) is 25.1 Å². The van der Waals surface area contributed by atoms with Crippen molar-refractivity contribution in [3.63, 3.8) is 0 Å². The lowest BCUT2D eigenvalue weighted by atomic mass is 10.0. The lowest BCUT2D eigenvalue weighted by molar-refractivity contribution is -0.119. The minimum absolute atomic E-state index is 0.353. The highest BCUT2D eigenvalue weighted by Crippen LogP contribution is 2.32. The molecule has 1 aromatic heterocycles. The van der Waals surface area contributed by atoms with Gasteiger partial charge in [0.15, 0.2) is 18.1 Å². The smallest absolute Gasteiger partial charge is 0.339 e. The van der Waals surface area contributed by atoms with Crippen molar-refractivity contribution >= 4 is 28.5 Å². The standard InChI is InChI=1S/C26H20N2O5/c29-25(27-18-10-11-23-24(14-18)32-13-12-31-23)16-33-26(30)20-15-22(17-6-2-1-3-7-17)28-21-9-5-4-8-19(20)21/h1-11,14-15H,12-13,16H2,(H,27,29). The fourth-order valence-corrected chi connectivity index (χ4v) is 3.63. The van der Waals surface area contributed by atoms with Gasteiger partial charge in [-0.3, -0.25) is 4.79 Å². The Morgan fingerprint density at radius 3 is 2.48 bits per heavy atom. The van der Waals surface area contributed by atoms with Crippen LogP contribution >= 0.6 is 0 Å². The largest absolute Gasteiger partial charge is 0.486 e. The zero-order valence-corrected chi connectivity index (χ0v) is 17.6. The van der Waals surface area contributed by atoms with Gasteiger partial charge in [0.1, 0.15) is 13.2 Å². The summed E-state index contributed by atoms with van der Waals surface area (Å²) in [6.45, 7) is 0.516. The third kappa shape index (κ3) is 4.48. The number of para-hydroxylation sites is 1. The van der Waals surface area contributed by atoms with Gasteiger partial charge in [0.2, 0.25) is 0 Å². The Kier molecular flexibility index (Phi) is 5.59. The Morgan fingerprint density at radius 1 is 0.879 bits per heavy atom. The highest BCUT2D eigenvalue weighted by molar-refractivity contribution is 6.05. The van der Waals surface area contributed by atoms with E-state index in [1.165, 1.54) is 0 Å². The first-order valence-corrected chi connectivity index (χ1v) is 10.5. The van der Waals surface area contributed by atoms with Crippen molar-refractivity contribution in [1.82, 2.24) is 4.98 Å². The summed E-state index contributed by atoms with van der Waals surface area (Å²) < 4.78 is 16.3. The van der Waals surface area contributed by atoms with Crippen LogP contribution in [-0.2, 0) is 9.53 Å². The van der Waals surface area contributed by atoms with Crippen molar-refractivity contribution < 1.29 is 23.8 Å². The highest BCUT2D eigenvalue weighted by Gasteiger charge is 2.17. The minimum atomic E-state index is -0.594. The van der Waals surface area contributed by atoms with Crippen LogP contribution in [0.1, 0.15) is 10.4 Å². The molecule has 0 atom stereocenters. The third-order valence-electron chi connectivity index (χ3n) is 5.17. The van der Waals surface area contributed by atoms with E-state index in [9.17, 15) is 9.59 Å². The van der Waals surface area contributed by atoms with Gasteiger partial charge in [-0.2, -0.15) is 0 Å². The summed E-state index contributed by atoms with van der Waals surface area (Å²) >= 11 is 0. The molecule has 4 aromatic rings. The molecule has 164 valence electrons. The number of carbonyl (C=O) groups is 2. The number of anilines is 1. The Labute approximate surface area is 189 Å². The average Bonchev–Trinajstić information content (AvgIpc) is 2.87. The molecule has 0 saturated heterocycles. The molecule has 0 radical (unpaired) electrons. The lowest BCUT2D eigenvalue weighted by Gasteiger charge is -2.19. The molecule has 0 unspecified atom stereocenters. The van der Waals surface area contributed by atoms with E-state index in [4.69, 9.17) is 14.2 Å². The summed E-state index contributed by atoms with van der Waals surface area (Å²) in [5.74, 6) is 0.141. The van der Waals surface area contributed by atoms with E-state index in [1.54, 1.807) is 24.3 Å². The number of nitrogens with one attached hydrogen (secondary N) is 1. The Hall–Kier alpha value is -4.39. The van der Waals surface area contributed by atoms with E-state index in [2.05, 4.69) is 10.3 Å². The van der Waals surface area contributed by atoms with Gasteiger partial charge >= 0.3 is 5.97 Å². The summed E-state index contributed by atoms with van der Waals surface area (Å²) in [4.78, 5) is 30.0. The number of aromatic nitrogens is 1. The third-order valence-corrected chi connectivity index (χ3v) is 5.17. The molecule has 33 heavy (non-hydrogen) atoms. The van der Waals surface area contributed by atoms with Gasteiger partial charge in [0.05, 0.1) is 16.8 Å². The fraction of sp³-hybridized carbons (Fsp3) is 0.115. The van der Waals surface area contributed by atoms with Crippen molar-refractivity contribution in [3.8, 4) is 22.8 Å². The second kappa shape index (κ2) is 9.00. The molecular formula is C26H20N2O5. The van der Waals surface area contributed by atoms with Gasteiger partial charge in [-0.05, 0) is 24.3 Å². The van der Waals surface area contributed by atoms with Crippen LogP contribution in [0.25, 0.3) is 22.2 Å². The molecule has 0 aliphatic carbocycles. The molecule has 5 rings (SSSR count). The zero-order valence-electron chi connectivity index (χ0n) is 17.6. The zero-order chi connectivity index (χ0) is 22.6. The molecular weight excluding hydrogens is 420 g/mol. The van der Waals surface area contributed by atoms with Crippen LogP contribution in [0, 0.1) is 0 Å². The average molecular weight is 440 g/mol. The maximum absolute atomic E-state index is 12.9. The fourth-order valence-electron chi connectivity index (χ4n) is 3.63. The van der Waals surface area contributed by atoms with Gasteiger partial charge in [-0.15, -0.1) is 0 Å². The SMILES string of the molecule is O=C(COC(=O)c1cc(-c2ccccc2)nc2ccccc12)Nc1ccc2c(c1)OCCO2. The predicted molar refractivity (Wildman–Crippen MR) is 124 cm³/mol. The summed E-state index contributed by atoms with van der Waals surface area (Å²) in [6.07, 6.45) is 0. The number of hydrogen-bond acceptors (Lipinski definition) is 6. The normalized spacial score (nSPS) is 12.2. The summed E-state index contributed by atoms with van der Waals surface area (Å²) in [5.41, 5.74) is 3.09. The van der Waals surface area contributed by atoms with E-state index >= 15 is 0 Å². The maximum atomic E-state index is 12.9. The van der Waals surface area contributed by atoms with Crippen LogP contribution < -0.4 is 14.8 Å². The van der Waals surface area contributed by atoms with Crippen molar-refractivity contribution in [1.29, 1.82) is 0 Å². The van der Waals surface area contributed by atoms with Crippen LogP contribution in [0.2, 0.25) is 0 Å². The number of esters is 1. The first-order valence-electron chi connectivity index (χ1n) is 10.5. The van der Waals surface area contributed by atoms with E-state index in [1.807, 2.05) is 54.6 Å². The molecule has 7 nitrogen and oxygen atoms in total. The van der Waals surface area contributed by atoms with E-state index in [-0.39, 0.29) is 0 Å². The first-order chi connectivity index (χ1) is 16.2. The van der Waals surface area contributed by atoms with Crippen LogP contribution in [0.15, 0.2) is 78.9 Å². The number of ether oxygens (including phenoxy) is 3. The first kappa shape index (κ1) is 20.5. The Morgan fingerprint density at radius 2 is 1.64 bits per heavy atom. The van der Waals surface area contributed by atoms with Gasteiger partial charge in [0, 0.05) is 22.7 Å². The van der Waals surface area contributed by atoms with E-state index in [0.717, 1.165) is 5.56 Å². The molecule has 1 aliphatic heterocycles. The monoisotopic (exact) mass is 440 g/mol. The number of benzene rings is 3. The molecule has 0 bridgehead atoms. The second-order valence-electron chi connectivity index (χ2n) is 7.42. The van der Waals surface area contributed by atoms with Crippen molar-refractivity contribution in [2.24, 2.45) is 0 Å². The number of nitrogens with zero attached hydrogens (tertiary/aromatic N) is 1. The van der Waals surface area contributed by atoms with Crippen molar-refractivity contribution in [2.45, 2.75) is 0 Å². The number of amides is 1. The van der Waals surface area contributed by atoms with Gasteiger partial charge in [-0.1, -0.05) is 48.5 Å². The number of hydrogen-bond donors (Lipinski definition) is 1. The van der Waals surface area contributed by atoms with E-state index < -0.39 is 18.5 Å². The summed E-state index contributed by atoms with van der Waals surface area (Å²) in [6, 6.07) is 23.7. The Bertz CT molecular complexity index is 1340. The Balaban J connectivity index is 1.32. The highest BCUT2D eigenvalue weighted by atomic mass is 16.6. The van der Waals surface area contributed by atoms with Crippen LogP contribution in [0.3, 0.4) is 0 Å². The number of fused-ring (bicyclic) bond motifs is 2. The maximum Gasteiger partial charge on any atom is 0.339 e. The molecule has 0 fully saturated rings. The topological polar surface area (TPSA) is 86.8 Å². The van der Waals surface area contributed by atoms with Gasteiger partial charge in [-0.25, -0.2) is 9.78 Å². The molecule has 0 spiro atoms. The second-order valence-corrected chi connectivity index (χ2v) is 7.42. The minimum Gasteiger partial charge on any atom is -0.486 e. The van der Waals surface area contributed by atoms with Gasteiger partial charge < -0.3 is 19.5 Å². The molecule has 1 N–H and O–H groups in total. The van der Waals surface area contributed by atoms with Crippen LogP contribution in [0.5, 0.6) is 11.5 Å². The molecule has 1 aliphatic rings. The van der Waals surface area contributed by atoms with Crippen molar-refractivity contribution in [3.05, 3.63) is 84.4 Å². The van der Waals surface area contributed by atoms with Gasteiger partial charge in [0.25, 0.3) is 5.91 Å². The molecule has 3 aromatic carbocycles. The number of rotatable bonds is 5. The molecule has 2 heterocycles. The summed E-state index contributed by atoms with van der Waals surface area (Å²) in [5, 5.41) is 3.37. The van der Waals surface area contributed by atoms with Crippen LogP contribution in [0.4, 0.5) is 5.69 Å². The van der Waals surface area contributed by atoms with Crippen LogP contribution in [-0.4, -0.2) is 36.7 Å². The molecule has 0 saturated carbocycles. The quantitative estimate of drug-likeness (QED) is 0.461. The summed E-state index contributed by atoms with van der Waals surface area (Å²) in [7, 11) is 0. The number of pyridine rings is 1. The molecule has 7 heteroatoms. The predicted octanol–water partition coefficient (Wildman–Crippen LogP) is 4.47. The molecule has 1 amide bonds. The number of carbonyl (C=O) groups excluding carboxylic acids is 2. The van der Waals surface area contributed by atoms with E-state index in [0.29, 0.717) is 52.6 Å². The lowest BCUT2D eigenvalue weighted by Crippen LogP contribution is -2.21.